The maximum absolute atomic E-state index is 12.1. The Bertz CT molecular complexity index is 1120. The zero-order valence-electron chi connectivity index (χ0n) is 16.3. The molecule has 29 heavy (non-hydrogen) atoms. The molecule has 10 heteroatoms. The first-order valence-corrected chi connectivity index (χ1v) is 12.2. The molecule has 3 N–H and O–H groups in total. The molecule has 2 rings (SSSR count). The van der Waals surface area contributed by atoms with Crippen molar-refractivity contribution in [2.24, 2.45) is 0 Å². The van der Waals surface area contributed by atoms with Gasteiger partial charge in [-0.15, -0.1) is 0 Å². The van der Waals surface area contributed by atoms with Gasteiger partial charge >= 0.3 is 0 Å². The summed E-state index contributed by atoms with van der Waals surface area (Å²) in [5, 5.41) is 2.70. The van der Waals surface area contributed by atoms with Gasteiger partial charge in [0, 0.05) is 17.5 Å². The zero-order valence-corrected chi connectivity index (χ0v) is 17.9. The van der Waals surface area contributed by atoms with Crippen LogP contribution in [0.25, 0.3) is 6.08 Å². The molecule has 0 saturated heterocycles. The Balaban J connectivity index is 2.01. The van der Waals surface area contributed by atoms with Gasteiger partial charge in [0.15, 0.2) is 0 Å². The van der Waals surface area contributed by atoms with Gasteiger partial charge < -0.3 is 5.32 Å². The minimum Gasteiger partial charge on any atom is -0.323 e. The second kappa shape index (κ2) is 9.10. The highest BCUT2D eigenvalue weighted by molar-refractivity contribution is 7.92. The van der Waals surface area contributed by atoms with E-state index in [1.54, 1.807) is 62.4 Å². The maximum Gasteiger partial charge on any atom is 0.248 e. The van der Waals surface area contributed by atoms with Gasteiger partial charge in [0.1, 0.15) is 0 Å². The quantitative estimate of drug-likeness (QED) is 0.548. The van der Waals surface area contributed by atoms with Crippen molar-refractivity contribution < 1.29 is 21.6 Å². The summed E-state index contributed by atoms with van der Waals surface area (Å²) in [6, 6.07) is 11.4. The maximum atomic E-state index is 12.1. The van der Waals surface area contributed by atoms with E-state index in [0.717, 1.165) is 11.8 Å². The van der Waals surface area contributed by atoms with E-state index in [2.05, 4.69) is 14.8 Å². The average molecular weight is 438 g/mol. The Morgan fingerprint density at radius 2 is 1.59 bits per heavy atom. The topological polar surface area (TPSA) is 121 Å². The van der Waals surface area contributed by atoms with E-state index in [4.69, 9.17) is 0 Å². The van der Waals surface area contributed by atoms with E-state index in [-0.39, 0.29) is 11.7 Å². The van der Waals surface area contributed by atoms with Crippen molar-refractivity contribution in [2.75, 3.05) is 26.8 Å². The normalized spacial score (nSPS) is 12.0. The van der Waals surface area contributed by atoms with Gasteiger partial charge in [-0.1, -0.05) is 12.1 Å². The van der Waals surface area contributed by atoms with Gasteiger partial charge in [-0.3, -0.25) is 14.2 Å². The molecule has 0 heterocycles. The molecule has 0 bridgehead atoms. The Labute approximate surface area is 171 Å². The molecule has 0 unspecified atom stereocenters. The number of aryl methyl sites for hydroxylation is 1. The first-order valence-electron chi connectivity index (χ1n) is 8.65. The molecule has 0 fully saturated rings. The molecule has 2 aromatic rings. The van der Waals surface area contributed by atoms with Gasteiger partial charge in [0.25, 0.3) is 0 Å². The average Bonchev–Trinajstić information content (AvgIpc) is 2.62. The number of hydrogen-bond acceptors (Lipinski definition) is 5. The summed E-state index contributed by atoms with van der Waals surface area (Å²) < 4.78 is 50.6. The van der Waals surface area contributed by atoms with Crippen LogP contribution in [0.4, 0.5) is 17.1 Å². The van der Waals surface area contributed by atoms with Crippen LogP contribution < -0.4 is 14.8 Å². The first-order chi connectivity index (χ1) is 13.5. The van der Waals surface area contributed by atoms with E-state index < -0.39 is 20.0 Å². The predicted octanol–water partition coefficient (Wildman–Crippen LogP) is 2.78. The zero-order chi connectivity index (χ0) is 21.7. The van der Waals surface area contributed by atoms with Gasteiger partial charge in [-0.2, -0.15) is 0 Å². The van der Waals surface area contributed by atoms with Crippen LogP contribution in [0.1, 0.15) is 18.1 Å². The molecule has 0 aliphatic rings. The number of carbonyl (C=O) groups is 1. The number of benzene rings is 2. The third-order valence-electron chi connectivity index (χ3n) is 3.78. The van der Waals surface area contributed by atoms with Crippen LogP contribution in [0.2, 0.25) is 0 Å². The Morgan fingerprint density at radius 3 is 2.14 bits per heavy atom. The largest absolute Gasteiger partial charge is 0.323 e. The lowest BCUT2D eigenvalue weighted by Gasteiger charge is -2.11. The molecule has 0 aliphatic carbocycles. The molecule has 2 aromatic carbocycles. The van der Waals surface area contributed by atoms with Gasteiger partial charge in [-0.05, 0) is 61.4 Å². The highest BCUT2D eigenvalue weighted by Gasteiger charge is 2.09. The van der Waals surface area contributed by atoms with Crippen molar-refractivity contribution in [1.29, 1.82) is 0 Å². The predicted molar refractivity (Wildman–Crippen MR) is 117 cm³/mol. The lowest BCUT2D eigenvalue weighted by molar-refractivity contribution is -0.111. The van der Waals surface area contributed by atoms with Crippen molar-refractivity contribution in [3.63, 3.8) is 0 Å². The molecule has 0 spiro atoms. The summed E-state index contributed by atoms with van der Waals surface area (Å²) in [7, 11) is -6.71. The Morgan fingerprint density at radius 1 is 0.966 bits per heavy atom. The van der Waals surface area contributed by atoms with Crippen molar-refractivity contribution in [2.45, 2.75) is 13.8 Å². The molecule has 156 valence electrons. The van der Waals surface area contributed by atoms with E-state index in [0.29, 0.717) is 22.6 Å². The minimum atomic E-state index is -3.37. The second-order valence-corrected chi connectivity index (χ2v) is 10.1. The smallest absolute Gasteiger partial charge is 0.248 e. The highest BCUT2D eigenvalue weighted by atomic mass is 32.2. The number of anilines is 3. The lowest BCUT2D eigenvalue weighted by Crippen LogP contribution is -2.15. The van der Waals surface area contributed by atoms with Crippen LogP contribution in [0.5, 0.6) is 0 Å². The highest BCUT2D eigenvalue weighted by Crippen LogP contribution is 2.21. The summed E-state index contributed by atoms with van der Waals surface area (Å²) in [5.41, 5.74) is 2.83. The van der Waals surface area contributed by atoms with Crippen LogP contribution in [-0.2, 0) is 24.8 Å². The summed E-state index contributed by atoms with van der Waals surface area (Å²) in [6.45, 7) is 3.29. The number of hydrogen-bond donors (Lipinski definition) is 3. The van der Waals surface area contributed by atoms with Crippen LogP contribution in [0.3, 0.4) is 0 Å². The van der Waals surface area contributed by atoms with Crippen LogP contribution in [0.15, 0.2) is 48.5 Å². The Hall–Kier alpha value is -2.85. The van der Waals surface area contributed by atoms with E-state index in [9.17, 15) is 21.6 Å². The third kappa shape index (κ3) is 7.59. The standard InChI is InChI=1S/C19H23N3O5S2/c1-4-29(26,27)22-18-11-10-17(13-14(18)2)20-19(23)12-7-15-5-8-16(9-6-15)21-28(3,24)25/h5-13,21-22H,4H2,1-3H3,(H,20,23)/b12-7+. The number of sulfonamides is 2. The van der Waals surface area contributed by atoms with Gasteiger partial charge in [0.05, 0.1) is 17.7 Å². The molecule has 0 aromatic heterocycles. The third-order valence-corrected chi connectivity index (χ3v) is 5.68. The number of amides is 1. The van der Waals surface area contributed by atoms with Crippen LogP contribution in [-0.4, -0.2) is 34.8 Å². The number of rotatable bonds is 8. The summed E-state index contributed by atoms with van der Waals surface area (Å²) >= 11 is 0. The fourth-order valence-corrected chi connectivity index (χ4v) is 3.60. The number of nitrogens with one attached hydrogen (secondary N) is 3. The lowest BCUT2D eigenvalue weighted by atomic mass is 10.2. The first kappa shape index (κ1) is 22.4. The number of carbonyl (C=O) groups excluding carboxylic acids is 1. The van der Waals surface area contributed by atoms with Gasteiger partial charge in [0.2, 0.25) is 26.0 Å². The summed E-state index contributed by atoms with van der Waals surface area (Å²) in [4.78, 5) is 12.1. The van der Waals surface area contributed by atoms with Crippen molar-refractivity contribution >= 4 is 49.1 Å². The van der Waals surface area contributed by atoms with Crippen molar-refractivity contribution in [3.05, 3.63) is 59.7 Å². The van der Waals surface area contributed by atoms with Gasteiger partial charge in [-0.25, -0.2) is 16.8 Å². The molecular weight excluding hydrogens is 414 g/mol. The second-order valence-electron chi connectivity index (χ2n) is 6.35. The molecule has 0 saturated carbocycles. The molecular formula is C19H23N3O5S2. The summed E-state index contributed by atoms with van der Waals surface area (Å²) in [5.74, 6) is -0.384. The fraction of sp³-hybridized carbons (Fsp3) is 0.211. The van der Waals surface area contributed by atoms with E-state index >= 15 is 0 Å². The monoisotopic (exact) mass is 437 g/mol. The Kier molecular flexibility index (Phi) is 7.04. The van der Waals surface area contributed by atoms with Crippen molar-refractivity contribution in [1.82, 2.24) is 0 Å². The molecule has 0 aliphatic heterocycles. The van der Waals surface area contributed by atoms with E-state index in [1.807, 2.05) is 0 Å². The SMILES string of the molecule is CCS(=O)(=O)Nc1ccc(NC(=O)/C=C/c2ccc(NS(C)(=O)=O)cc2)cc1C. The summed E-state index contributed by atoms with van der Waals surface area (Å²) in [6.07, 6.45) is 4.01. The molecule has 0 atom stereocenters. The van der Waals surface area contributed by atoms with Crippen LogP contribution in [0, 0.1) is 6.92 Å². The molecule has 0 radical (unpaired) electrons. The fourth-order valence-electron chi connectivity index (χ4n) is 2.33. The van der Waals surface area contributed by atoms with Crippen molar-refractivity contribution in [3.8, 4) is 0 Å². The van der Waals surface area contributed by atoms with Crippen LogP contribution >= 0.6 is 0 Å². The molecule has 8 nitrogen and oxygen atoms in total. The minimum absolute atomic E-state index is 0.0268. The van der Waals surface area contributed by atoms with E-state index in [1.165, 1.54) is 6.08 Å². The molecule has 1 amide bonds.